The summed E-state index contributed by atoms with van der Waals surface area (Å²) >= 11 is 0. The maximum atomic E-state index is 12.0. The minimum absolute atomic E-state index is 0.0290. The Balaban J connectivity index is 0.000000273. The summed E-state index contributed by atoms with van der Waals surface area (Å²) in [5.41, 5.74) is 1.25. The molecule has 2 heterocycles. The first-order valence-corrected chi connectivity index (χ1v) is 19.0. The lowest BCUT2D eigenvalue weighted by Crippen LogP contribution is -2.48. The second-order valence-corrected chi connectivity index (χ2v) is 15.5. The number of likely N-dealkylation sites (N-methyl/N-ethyl adjacent to an activating group) is 1. The number of unbranched alkanes of at least 4 members (excludes halogenated alkanes) is 3. The molecule has 1 saturated carbocycles. The molecule has 4 rings (SSSR count). The Morgan fingerprint density at radius 1 is 1.08 bits per heavy atom. The molecule has 16 heteroatoms. The molecule has 51 heavy (non-hydrogen) atoms. The number of alkyl carbamates (subject to hydrolysis) is 1. The molecule has 286 valence electrons. The lowest BCUT2D eigenvalue weighted by Gasteiger charge is -2.24. The highest BCUT2D eigenvalue weighted by molar-refractivity contribution is 7.87. The highest BCUT2D eigenvalue weighted by Crippen LogP contribution is 2.40. The third-order valence-corrected chi connectivity index (χ3v) is 9.57. The van der Waals surface area contributed by atoms with E-state index in [1.807, 2.05) is 37.3 Å². The normalized spacial score (nSPS) is 18.4. The van der Waals surface area contributed by atoms with Gasteiger partial charge in [0.2, 0.25) is 17.7 Å². The van der Waals surface area contributed by atoms with Crippen LogP contribution in [0.5, 0.6) is 0 Å². The number of carbonyl (C=O) groups excluding carboxylic acids is 4. The van der Waals surface area contributed by atoms with Gasteiger partial charge < -0.3 is 25.3 Å². The number of likely N-dealkylation sites (tertiary alicyclic amines) is 1. The molecule has 0 bridgehead atoms. The Labute approximate surface area is 301 Å². The van der Waals surface area contributed by atoms with E-state index in [4.69, 9.17) is 4.74 Å². The first-order chi connectivity index (χ1) is 23.9. The number of para-hydroxylation sites is 2. The van der Waals surface area contributed by atoms with E-state index in [-0.39, 0.29) is 35.9 Å². The Bertz CT molecular complexity index is 1660. The molecule has 1 aromatic heterocycles. The van der Waals surface area contributed by atoms with Gasteiger partial charge in [0.1, 0.15) is 18.2 Å². The van der Waals surface area contributed by atoms with Crippen molar-refractivity contribution in [2.75, 3.05) is 34.2 Å². The molecule has 15 nitrogen and oxygen atoms in total. The first kappa shape index (κ1) is 43.0. The van der Waals surface area contributed by atoms with Crippen LogP contribution >= 0.6 is 0 Å². The fourth-order valence-corrected chi connectivity index (χ4v) is 5.88. The smallest absolute Gasteiger partial charge is 0.408 e. The van der Waals surface area contributed by atoms with Crippen LogP contribution < -0.4 is 21.0 Å². The van der Waals surface area contributed by atoms with Crippen molar-refractivity contribution in [3.63, 3.8) is 0 Å². The highest BCUT2D eigenvalue weighted by Gasteiger charge is 2.42. The predicted octanol–water partition coefficient (Wildman–Crippen LogP) is 3.28. The van der Waals surface area contributed by atoms with Crippen molar-refractivity contribution < 1.29 is 32.3 Å². The molecule has 2 aromatic rings. The number of rotatable bonds is 12. The van der Waals surface area contributed by atoms with Gasteiger partial charge in [0.05, 0.1) is 11.0 Å². The molecule has 4 amide bonds. The summed E-state index contributed by atoms with van der Waals surface area (Å²) in [5, 5.41) is 4.95. The number of ether oxygens (including phenoxy) is 1. The van der Waals surface area contributed by atoms with Gasteiger partial charge in [-0.25, -0.2) is 14.3 Å². The summed E-state index contributed by atoms with van der Waals surface area (Å²) in [6, 6.07) is 7.26. The fourth-order valence-electron chi connectivity index (χ4n) is 5.29. The molecular weight excluding hydrogens is 678 g/mol. The molecule has 2 fully saturated rings. The average molecular weight is 736 g/mol. The monoisotopic (exact) mass is 735 g/mol. The summed E-state index contributed by atoms with van der Waals surface area (Å²) in [7, 11) is 0.688. The van der Waals surface area contributed by atoms with Crippen molar-refractivity contribution in [1.82, 2.24) is 34.1 Å². The largest absolute Gasteiger partial charge is 0.444 e. The Morgan fingerprint density at radius 2 is 1.76 bits per heavy atom. The van der Waals surface area contributed by atoms with Gasteiger partial charge in [0.15, 0.2) is 0 Å². The molecule has 2 aliphatic rings. The topological polar surface area (TPSA) is 192 Å². The van der Waals surface area contributed by atoms with Crippen LogP contribution in [0.1, 0.15) is 79.6 Å². The number of hydrogen-bond acceptors (Lipinski definition) is 8. The zero-order valence-corrected chi connectivity index (χ0v) is 32.1. The van der Waals surface area contributed by atoms with Gasteiger partial charge in [-0.3, -0.25) is 19.0 Å². The van der Waals surface area contributed by atoms with E-state index < -0.39 is 33.9 Å². The molecule has 1 aliphatic heterocycles. The number of H-pyrrole nitrogens is 1. The second-order valence-electron chi connectivity index (χ2n) is 13.6. The molecule has 0 spiro atoms. The van der Waals surface area contributed by atoms with Crippen molar-refractivity contribution >= 4 is 45.1 Å². The maximum absolute atomic E-state index is 12.0. The van der Waals surface area contributed by atoms with Crippen LogP contribution in [0.25, 0.3) is 11.0 Å². The van der Waals surface area contributed by atoms with Gasteiger partial charge in [-0.15, -0.1) is 0 Å². The molecule has 4 N–H and O–H groups in total. The standard InChI is InChI=1S/C13H23N3O4.C13H24N2O3S.C9H10N2O/c1-13(2,3)20-12(19)15-8-10(17)16-7-5-6-9(16)11(18)14-4;1-4-5-6-7-8-9-11-10-12(11)13(16)14-19(17,18)15(2)3;1-2-11-8-6-4-3-5-7(8)10-9(11)12/h9H,5-8H2,1-4H3,(H,14,18)(H,15,19);8-9,11-12H,4-7,10H2,1-3H3,(H,14,16);3-6H,2H2,1H3,(H,10,12)/b;9-8-;/t;11?,12-;/m.0./s1. The average Bonchev–Trinajstić information content (AvgIpc) is 3.52. The lowest BCUT2D eigenvalue weighted by molar-refractivity contribution is -0.137. The number of benzene rings is 1. The van der Waals surface area contributed by atoms with Crippen molar-refractivity contribution in [3.8, 4) is 0 Å². The molecule has 1 aliphatic carbocycles. The lowest BCUT2D eigenvalue weighted by atomic mass is 10.2. The minimum Gasteiger partial charge on any atom is -0.444 e. The third-order valence-electron chi connectivity index (χ3n) is 8.15. The molecule has 1 aromatic carbocycles. The van der Waals surface area contributed by atoms with Crippen molar-refractivity contribution in [1.29, 1.82) is 0 Å². The second kappa shape index (κ2) is 20.0. The van der Waals surface area contributed by atoms with Crippen LogP contribution in [0.3, 0.4) is 0 Å². The van der Waals surface area contributed by atoms with Crippen LogP contribution in [0.15, 0.2) is 41.2 Å². The van der Waals surface area contributed by atoms with Crippen molar-refractivity contribution in [3.05, 3.63) is 46.9 Å². The Kier molecular flexibility index (Phi) is 16.9. The number of allylic oxidation sites excluding steroid dienone is 2. The van der Waals surface area contributed by atoms with Gasteiger partial charge >= 0.3 is 22.0 Å². The summed E-state index contributed by atoms with van der Waals surface area (Å²) in [5.74, 6) is -0.817. The maximum Gasteiger partial charge on any atom is 0.408 e. The number of nitrogens with one attached hydrogen (secondary N) is 4. The zero-order valence-electron chi connectivity index (χ0n) is 31.3. The minimum atomic E-state index is -3.65. The quantitative estimate of drug-likeness (QED) is 0.189. The molecule has 3 atom stereocenters. The van der Waals surface area contributed by atoms with Gasteiger partial charge in [0, 0.05) is 40.2 Å². The van der Waals surface area contributed by atoms with Gasteiger partial charge in [-0.1, -0.05) is 44.1 Å². The molecular formula is C35H57N7O8S. The first-order valence-electron chi connectivity index (χ1n) is 17.5. The number of fused-ring (bicyclic) bond motifs is 1. The number of amides is 4. The van der Waals surface area contributed by atoms with E-state index in [2.05, 4.69) is 33.3 Å². The number of nitrogens with zero attached hydrogens (tertiary/aromatic N) is 3. The van der Waals surface area contributed by atoms with Gasteiger partial charge in [0.25, 0.3) is 0 Å². The molecule has 1 saturated heterocycles. The van der Waals surface area contributed by atoms with Crippen LogP contribution in [-0.4, -0.2) is 96.9 Å². The third kappa shape index (κ3) is 14.2. The number of imidazole rings is 1. The number of hydrogen-bond donors (Lipinski definition) is 4. The van der Waals surface area contributed by atoms with Gasteiger partial charge in [-0.2, -0.15) is 12.7 Å². The molecule has 0 radical (unpaired) electrons. The summed E-state index contributed by atoms with van der Waals surface area (Å²) < 4.78 is 32.8. The summed E-state index contributed by atoms with van der Waals surface area (Å²) in [4.78, 5) is 62.4. The molecule has 2 unspecified atom stereocenters. The van der Waals surface area contributed by atoms with E-state index in [1.165, 1.54) is 38.3 Å². The van der Waals surface area contributed by atoms with E-state index in [0.717, 1.165) is 34.6 Å². The van der Waals surface area contributed by atoms with Crippen LogP contribution in [0.2, 0.25) is 0 Å². The number of aryl methyl sites for hydroxylation is 1. The van der Waals surface area contributed by atoms with Crippen molar-refractivity contribution in [2.24, 2.45) is 11.8 Å². The number of aromatic nitrogens is 2. The van der Waals surface area contributed by atoms with Crippen LogP contribution in [0.4, 0.5) is 4.79 Å². The van der Waals surface area contributed by atoms with Gasteiger partial charge in [-0.05, 0) is 77.8 Å². The number of aromatic amines is 1. The van der Waals surface area contributed by atoms with Crippen LogP contribution in [0, 0.1) is 11.8 Å². The van der Waals surface area contributed by atoms with Crippen molar-refractivity contribution in [2.45, 2.75) is 97.8 Å². The Hall–Kier alpha value is -4.18. The van der Waals surface area contributed by atoms with E-state index in [0.29, 0.717) is 19.5 Å². The summed E-state index contributed by atoms with van der Waals surface area (Å²) in [6.07, 6.45) is 10.3. The predicted molar refractivity (Wildman–Crippen MR) is 197 cm³/mol. The van der Waals surface area contributed by atoms with E-state index >= 15 is 0 Å². The number of carbonyl (C=O) groups is 4. The Morgan fingerprint density at radius 3 is 2.37 bits per heavy atom. The van der Waals surface area contributed by atoms with Crippen LogP contribution in [-0.2, 0) is 35.9 Å². The summed E-state index contributed by atoms with van der Waals surface area (Å²) in [6.45, 7) is 10.4. The SMILES string of the molecule is CCCCC/C=C\C1C[C@@H]1C(=O)NS(=O)(=O)N(C)C.CCn1c(=O)[nH]c2ccccc21.CNC(=O)C1CCCN1C(=O)CNC(=O)OC(C)(C)C. The van der Waals surface area contributed by atoms with E-state index in [1.54, 1.807) is 32.4 Å². The fraction of sp³-hybridized carbons (Fsp3) is 0.629. The zero-order chi connectivity index (χ0) is 38.4. The highest BCUT2D eigenvalue weighted by atomic mass is 32.2. The van der Waals surface area contributed by atoms with E-state index in [9.17, 15) is 32.4 Å².